The Hall–Kier alpha value is -0.890. The van der Waals surface area contributed by atoms with Gasteiger partial charge < -0.3 is 20.1 Å². The van der Waals surface area contributed by atoms with Crippen LogP contribution in [0.5, 0.6) is 0 Å². The van der Waals surface area contributed by atoms with Crippen LogP contribution in [-0.4, -0.2) is 62.9 Å². The van der Waals surface area contributed by atoms with E-state index >= 15 is 0 Å². The zero-order chi connectivity index (χ0) is 16.6. The quantitative estimate of drug-likeness (QED) is 0.747. The summed E-state index contributed by atoms with van der Waals surface area (Å²) in [7, 11) is 0. The molecule has 148 valence electrons. The van der Waals surface area contributed by atoms with Crippen LogP contribution >= 0.6 is 24.8 Å². The van der Waals surface area contributed by atoms with E-state index in [0.717, 1.165) is 46.0 Å². The van der Waals surface area contributed by atoms with Crippen molar-refractivity contribution >= 4 is 30.7 Å². The van der Waals surface area contributed by atoms with Gasteiger partial charge in [0.1, 0.15) is 0 Å². The molecule has 2 fully saturated rings. The van der Waals surface area contributed by atoms with Gasteiger partial charge >= 0.3 is 0 Å². The van der Waals surface area contributed by atoms with Crippen LogP contribution in [0.2, 0.25) is 0 Å². The SMILES string of the molecule is Cl.Cl.O=C(CC1COCCN1)NCc1ccccc1CN1CCOCC1. The van der Waals surface area contributed by atoms with Gasteiger partial charge in [0.2, 0.25) is 5.91 Å². The van der Waals surface area contributed by atoms with E-state index in [9.17, 15) is 4.79 Å². The number of halogens is 2. The monoisotopic (exact) mass is 405 g/mol. The van der Waals surface area contributed by atoms with Crippen LogP contribution in [0, 0.1) is 0 Å². The van der Waals surface area contributed by atoms with E-state index in [-0.39, 0.29) is 36.8 Å². The molecule has 2 heterocycles. The summed E-state index contributed by atoms with van der Waals surface area (Å²) in [5.74, 6) is 0.0687. The smallest absolute Gasteiger partial charge is 0.221 e. The van der Waals surface area contributed by atoms with Crippen LogP contribution in [-0.2, 0) is 27.4 Å². The number of carbonyl (C=O) groups excluding carboxylic acids is 1. The molecule has 2 aliphatic heterocycles. The van der Waals surface area contributed by atoms with E-state index in [2.05, 4.69) is 33.7 Å². The third-order valence-electron chi connectivity index (χ3n) is 4.52. The Kier molecular flexibility index (Phi) is 11.1. The van der Waals surface area contributed by atoms with Crippen molar-refractivity contribution in [2.45, 2.75) is 25.6 Å². The molecule has 1 atom stereocenters. The lowest BCUT2D eigenvalue weighted by molar-refractivity contribution is -0.122. The highest BCUT2D eigenvalue weighted by Gasteiger charge is 2.17. The first kappa shape index (κ1) is 23.1. The maximum absolute atomic E-state index is 12.2. The van der Waals surface area contributed by atoms with Crippen molar-refractivity contribution in [2.75, 3.05) is 46.1 Å². The minimum atomic E-state index is 0. The molecule has 2 saturated heterocycles. The number of nitrogens with zero attached hydrogens (tertiary/aromatic N) is 1. The lowest BCUT2D eigenvalue weighted by Gasteiger charge is -2.27. The maximum Gasteiger partial charge on any atom is 0.221 e. The summed E-state index contributed by atoms with van der Waals surface area (Å²) < 4.78 is 10.8. The fourth-order valence-electron chi connectivity index (χ4n) is 3.12. The van der Waals surface area contributed by atoms with E-state index in [0.29, 0.717) is 19.6 Å². The Bertz CT molecular complexity index is 536. The highest BCUT2D eigenvalue weighted by atomic mass is 35.5. The molecule has 2 aliphatic rings. The number of hydrogen-bond donors (Lipinski definition) is 2. The lowest BCUT2D eigenvalue weighted by Crippen LogP contribution is -2.44. The summed E-state index contributed by atoms with van der Waals surface area (Å²) in [4.78, 5) is 14.5. The minimum Gasteiger partial charge on any atom is -0.379 e. The van der Waals surface area contributed by atoms with Crippen molar-refractivity contribution in [3.05, 3.63) is 35.4 Å². The van der Waals surface area contributed by atoms with Crippen LogP contribution < -0.4 is 10.6 Å². The molecule has 0 aliphatic carbocycles. The van der Waals surface area contributed by atoms with Crippen molar-refractivity contribution in [1.29, 1.82) is 0 Å². The number of rotatable bonds is 6. The van der Waals surface area contributed by atoms with Gasteiger partial charge in [-0.25, -0.2) is 0 Å². The molecule has 3 rings (SSSR count). The van der Waals surface area contributed by atoms with Crippen molar-refractivity contribution in [2.24, 2.45) is 0 Å². The van der Waals surface area contributed by atoms with Gasteiger partial charge in [0.25, 0.3) is 0 Å². The van der Waals surface area contributed by atoms with E-state index in [1.54, 1.807) is 0 Å². The largest absolute Gasteiger partial charge is 0.379 e. The summed E-state index contributed by atoms with van der Waals surface area (Å²) in [5, 5.41) is 6.36. The molecule has 8 heteroatoms. The number of ether oxygens (including phenoxy) is 2. The highest BCUT2D eigenvalue weighted by Crippen LogP contribution is 2.13. The molecule has 2 N–H and O–H groups in total. The molecule has 0 bridgehead atoms. The summed E-state index contributed by atoms with van der Waals surface area (Å²) in [6.45, 7) is 7.18. The molecule has 0 spiro atoms. The second-order valence-electron chi connectivity index (χ2n) is 6.36. The second-order valence-corrected chi connectivity index (χ2v) is 6.36. The van der Waals surface area contributed by atoms with Gasteiger partial charge in [0.05, 0.1) is 26.4 Å². The second kappa shape index (κ2) is 12.5. The Morgan fingerprint density at radius 3 is 2.54 bits per heavy atom. The number of carbonyl (C=O) groups is 1. The summed E-state index contributed by atoms with van der Waals surface area (Å²) >= 11 is 0. The average Bonchev–Trinajstić information content (AvgIpc) is 2.63. The molecular formula is C18H29Cl2N3O3. The summed E-state index contributed by atoms with van der Waals surface area (Å²) in [5.41, 5.74) is 2.46. The van der Waals surface area contributed by atoms with Crippen LogP contribution in [0.1, 0.15) is 17.5 Å². The van der Waals surface area contributed by atoms with Gasteiger partial charge in [0.15, 0.2) is 0 Å². The highest BCUT2D eigenvalue weighted by molar-refractivity contribution is 5.85. The van der Waals surface area contributed by atoms with Crippen molar-refractivity contribution in [3.63, 3.8) is 0 Å². The van der Waals surface area contributed by atoms with E-state index in [4.69, 9.17) is 9.47 Å². The molecule has 26 heavy (non-hydrogen) atoms. The van der Waals surface area contributed by atoms with Gasteiger partial charge in [0, 0.05) is 45.2 Å². The summed E-state index contributed by atoms with van der Waals surface area (Å²) in [6, 6.07) is 8.46. The van der Waals surface area contributed by atoms with Gasteiger partial charge in [-0.15, -0.1) is 24.8 Å². The van der Waals surface area contributed by atoms with E-state index in [1.165, 1.54) is 11.1 Å². The van der Waals surface area contributed by atoms with Crippen LogP contribution in [0.25, 0.3) is 0 Å². The third-order valence-corrected chi connectivity index (χ3v) is 4.52. The first-order valence-electron chi connectivity index (χ1n) is 8.76. The summed E-state index contributed by atoms with van der Waals surface area (Å²) in [6.07, 6.45) is 0.464. The lowest BCUT2D eigenvalue weighted by atomic mass is 10.1. The van der Waals surface area contributed by atoms with E-state index < -0.39 is 0 Å². The van der Waals surface area contributed by atoms with Crippen LogP contribution in [0.3, 0.4) is 0 Å². The number of hydrogen-bond acceptors (Lipinski definition) is 5. The Morgan fingerprint density at radius 2 is 1.85 bits per heavy atom. The van der Waals surface area contributed by atoms with Crippen molar-refractivity contribution in [3.8, 4) is 0 Å². The Morgan fingerprint density at radius 1 is 1.12 bits per heavy atom. The Balaban J connectivity index is 0.00000169. The fraction of sp³-hybridized carbons (Fsp3) is 0.611. The zero-order valence-electron chi connectivity index (χ0n) is 14.9. The predicted octanol–water partition coefficient (Wildman–Crippen LogP) is 1.36. The Labute approximate surface area is 167 Å². The van der Waals surface area contributed by atoms with Gasteiger partial charge in [-0.1, -0.05) is 24.3 Å². The van der Waals surface area contributed by atoms with Crippen molar-refractivity contribution in [1.82, 2.24) is 15.5 Å². The third kappa shape index (κ3) is 7.39. The van der Waals surface area contributed by atoms with Gasteiger partial charge in [-0.3, -0.25) is 9.69 Å². The van der Waals surface area contributed by atoms with Crippen molar-refractivity contribution < 1.29 is 14.3 Å². The standard InChI is InChI=1S/C18H27N3O3.2ClH/c22-18(11-17-14-24-8-5-19-17)20-12-15-3-1-2-4-16(15)13-21-6-9-23-10-7-21;;/h1-4,17,19H,5-14H2,(H,20,22);2*1H. The molecule has 1 aromatic rings. The number of nitrogens with one attached hydrogen (secondary N) is 2. The molecule has 1 aromatic carbocycles. The molecule has 1 unspecified atom stereocenters. The number of morpholine rings is 2. The normalized spacial score (nSPS) is 20.5. The zero-order valence-corrected chi connectivity index (χ0v) is 16.6. The molecule has 0 radical (unpaired) electrons. The van der Waals surface area contributed by atoms with Gasteiger partial charge in [-0.05, 0) is 11.1 Å². The first-order valence-corrected chi connectivity index (χ1v) is 8.76. The minimum absolute atomic E-state index is 0. The predicted molar refractivity (Wildman–Crippen MR) is 106 cm³/mol. The maximum atomic E-state index is 12.2. The molecule has 0 aromatic heterocycles. The topological polar surface area (TPSA) is 62.8 Å². The van der Waals surface area contributed by atoms with E-state index in [1.807, 2.05) is 6.07 Å². The molecule has 0 saturated carbocycles. The van der Waals surface area contributed by atoms with Gasteiger partial charge in [-0.2, -0.15) is 0 Å². The molecule has 1 amide bonds. The molecule has 6 nitrogen and oxygen atoms in total. The number of benzene rings is 1. The molecular weight excluding hydrogens is 377 g/mol. The average molecular weight is 406 g/mol. The van der Waals surface area contributed by atoms with Crippen LogP contribution in [0.15, 0.2) is 24.3 Å². The van der Waals surface area contributed by atoms with Crippen LogP contribution in [0.4, 0.5) is 0 Å². The first-order chi connectivity index (χ1) is 11.8. The fourth-order valence-corrected chi connectivity index (χ4v) is 3.12. The number of amides is 1.